The molecule has 2 N–H and O–H groups in total. The second-order valence-electron chi connectivity index (χ2n) is 5.68. The van der Waals surface area contributed by atoms with E-state index in [9.17, 15) is 4.79 Å². The lowest BCUT2D eigenvalue weighted by Crippen LogP contribution is -2.47. The van der Waals surface area contributed by atoms with Crippen LogP contribution in [0.15, 0.2) is 0 Å². The average Bonchev–Trinajstić information content (AvgIpc) is 2.29. The number of nitrogens with two attached hydrogens (primary N) is 1. The monoisotopic (exact) mass is 256 g/mol. The van der Waals surface area contributed by atoms with E-state index >= 15 is 0 Å². The Morgan fingerprint density at radius 2 is 1.88 bits per heavy atom. The summed E-state index contributed by atoms with van der Waals surface area (Å²) in [6.45, 7) is 4.44. The van der Waals surface area contributed by atoms with E-state index in [1.807, 2.05) is 7.05 Å². The summed E-state index contributed by atoms with van der Waals surface area (Å²) in [6, 6.07) is 0. The Hall–Kier alpha value is -0.640. The fourth-order valence-corrected chi connectivity index (χ4v) is 2.51. The van der Waals surface area contributed by atoms with Crippen molar-refractivity contribution < 1.29 is 4.79 Å². The number of amides is 1. The zero-order chi connectivity index (χ0) is 13.1. The Morgan fingerprint density at radius 3 is 2.35 bits per heavy atom. The Balaban J connectivity index is 2.54. The van der Waals surface area contributed by atoms with Crippen LogP contribution in [0.2, 0.25) is 0 Å². The van der Waals surface area contributed by atoms with Crippen molar-refractivity contribution in [3.8, 4) is 0 Å². The molecule has 98 valence electrons. The molecule has 1 aliphatic carbocycles. The number of hydrogen-bond acceptors (Lipinski definition) is 2. The normalized spacial score (nSPS) is 17.8. The SMILES string of the molecule is CN(CC1CCCCC1)C(=O)C(C)(C)C(N)=S. The highest BCUT2D eigenvalue weighted by atomic mass is 32.1. The minimum Gasteiger partial charge on any atom is -0.392 e. The third kappa shape index (κ3) is 3.66. The van der Waals surface area contributed by atoms with Crippen molar-refractivity contribution in [1.82, 2.24) is 4.90 Å². The van der Waals surface area contributed by atoms with Gasteiger partial charge in [-0.15, -0.1) is 0 Å². The Morgan fingerprint density at radius 1 is 1.35 bits per heavy atom. The van der Waals surface area contributed by atoms with Gasteiger partial charge in [0, 0.05) is 13.6 Å². The molecule has 1 fully saturated rings. The van der Waals surface area contributed by atoms with Crippen LogP contribution in [0, 0.1) is 11.3 Å². The molecule has 0 heterocycles. The highest BCUT2D eigenvalue weighted by molar-refractivity contribution is 7.80. The standard InChI is InChI=1S/C13H24N2OS/c1-13(2,11(14)17)12(16)15(3)9-10-7-5-4-6-8-10/h10H,4-9H2,1-3H3,(H2,14,17). The van der Waals surface area contributed by atoms with Gasteiger partial charge in [-0.05, 0) is 32.6 Å². The molecule has 0 unspecified atom stereocenters. The number of rotatable bonds is 4. The van der Waals surface area contributed by atoms with Crippen molar-refractivity contribution in [2.24, 2.45) is 17.1 Å². The highest BCUT2D eigenvalue weighted by Gasteiger charge is 2.34. The van der Waals surface area contributed by atoms with Gasteiger partial charge in [-0.25, -0.2) is 0 Å². The molecule has 1 amide bonds. The van der Waals surface area contributed by atoms with Crippen molar-refractivity contribution >= 4 is 23.1 Å². The lowest BCUT2D eigenvalue weighted by Gasteiger charge is -2.32. The molecule has 0 atom stereocenters. The quantitative estimate of drug-likeness (QED) is 0.785. The summed E-state index contributed by atoms with van der Waals surface area (Å²) >= 11 is 4.96. The lowest BCUT2D eigenvalue weighted by atomic mass is 9.87. The molecule has 1 saturated carbocycles. The van der Waals surface area contributed by atoms with Gasteiger partial charge in [0.15, 0.2) is 0 Å². The first-order valence-corrected chi connectivity index (χ1v) is 6.82. The molecule has 3 nitrogen and oxygen atoms in total. The molecule has 0 aliphatic heterocycles. The van der Waals surface area contributed by atoms with Crippen LogP contribution in [0.1, 0.15) is 46.0 Å². The van der Waals surface area contributed by atoms with Gasteiger partial charge in [0.25, 0.3) is 0 Å². The second-order valence-corrected chi connectivity index (χ2v) is 6.12. The third-order valence-electron chi connectivity index (χ3n) is 3.75. The van der Waals surface area contributed by atoms with Crippen LogP contribution in [0.3, 0.4) is 0 Å². The maximum Gasteiger partial charge on any atom is 0.234 e. The molecular weight excluding hydrogens is 232 g/mol. The van der Waals surface area contributed by atoms with E-state index in [0.29, 0.717) is 5.92 Å². The molecule has 0 spiro atoms. The van der Waals surface area contributed by atoms with Crippen molar-refractivity contribution in [2.45, 2.75) is 46.0 Å². The Bertz CT molecular complexity index is 296. The summed E-state index contributed by atoms with van der Waals surface area (Å²) in [6.07, 6.45) is 6.42. The van der Waals surface area contributed by atoms with E-state index in [0.717, 1.165) is 6.54 Å². The van der Waals surface area contributed by atoms with Crippen molar-refractivity contribution in [3.63, 3.8) is 0 Å². The smallest absolute Gasteiger partial charge is 0.234 e. The van der Waals surface area contributed by atoms with E-state index in [1.165, 1.54) is 32.1 Å². The number of carbonyl (C=O) groups excluding carboxylic acids is 1. The molecule has 0 aromatic heterocycles. The van der Waals surface area contributed by atoms with E-state index < -0.39 is 5.41 Å². The Labute approximate surface area is 110 Å². The predicted octanol–water partition coefficient (Wildman–Crippen LogP) is 2.34. The summed E-state index contributed by atoms with van der Waals surface area (Å²) in [5.41, 5.74) is 4.90. The van der Waals surface area contributed by atoms with Gasteiger partial charge in [-0.1, -0.05) is 31.5 Å². The molecule has 0 aromatic rings. The van der Waals surface area contributed by atoms with Gasteiger partial charge < -0.3 is 10.6 Å². The molecule has 1 rings (SSSR count). The fourth-order valence-electron chi connectivity index (χ4n) is 2.42. The molecule has 17 heavy (non-hydrogen) atoms. The maximum absolute atomic E-state index is 12.2. The van der Waals surface area contributed by atoms with Gasteiger partial charge in [-0.2, -0.15) is 0 Å². The minimum atomic E-state index is -0.723. The lowest BCUT2D eigenvalue weighted by molar-refractivity contribution is -0.136. The number of nitrogens with zero attached hydrogens (tertiary/aromatic N) is 1. The third-order valence-corrected chi connectivity index (χ3v) is 4.26. The first-order valence-electron chi connectivity index (χ1n) is 6.41. The second kappa shape index (κ2) is 5.80. The molecule has 1 aliphatic rings. The average molecular weight is 256 g/mol. The number of carbonyl (C=O) groups is 1. The van der Waals surface area contributed by atoms with Crippen LogP contribution in [0.5, 0.6) is 0 Å². The topological polar surface area (TPSA) is 46.3 Å². The number of thiocarbonyl (C=S) groups is 1. The first kappa shape index (κ1) is 14.4. The van der Waals surface area contributed by atoms with E-state index in [1.54, 1.807) is 18.7 Å². The zero-order valence-corrected chi connectivity index (χ0v) is 12.0. The summed E-state index contributed by atoms with van der Waals surface area (Å²) in [5, 5.41) is 0. The van der Waals surface area contributed by atoms with Crippen molar-refractivity contribution in [1.29, 1.82) is 0 Å². The highest BCUT2D eigenvalue weighted by Crippen LogP contribution is 2.26. The fraction of sp³-hybridized carbons (Fsp3) is 0.846. The molecule has 0 bridgehead atoms. The van der Waals surface area contributed by atoms with Gasteiger partial charge in [0.2, 0.25) is 5.91 Å². The van der Waals surface area contributed by atoms with Crippen LogP contribution < -0.4 is 5.73 Å². The van der Waals surface area contributed by atoms with Crippen LogP contribution in [0.25, 0.3) is 0 Å². The summed E-state index contributed by atoms with van der Waals surface area (Å²) in [7, 11) is 1.86. The van der Waals surface area contributed by atoms with Gasteiger partial charge in [0.05, 0.1) is 10.4 Å². The first-order chi connectivity index (χ1) is 7.85. The van der Waals surface area contributed by atoms with Crippen molar-refractivity contribution in [2.75, 3.05) is 13.6 Å². The molecule has 0 radical (unpaired) electrons. The molecular formula is C13H24N2OS. The van der Waals surface area contributed by atoms with Crippen LogP contribution in [-0.2, 0) is 4.79 Å². The van der Waals surface area contributed by atoms with E-state index in [4.69, 9.17) is 18.0 Å². The van der Waals surface area contributed by atoms with E-state index in [-0.39, 0.29) is 10.9 Å². The summed E-state index contributed by atoms with van der Waals surface area (Å²) in [5.74, 6) is 0.690. The van der Waals surface area contributed by atoms with Gasteiger partial charge >= 0.3 is 0 Å². The number of hydrogen-bond donors (Lipinski definition) is 1. The molecule has 0 aromatic carbocycles. The summed E-state index contributed by atoms with van der Waals surface area (Å²) in [4.78, 5) is 14.3. The molecule has 0 saturated heterocycles. The van der Waals surface area contributed by atoms with E-state index in [2.05, 4.69) is 0 Å². The van der Waals surface area contributed by atoms with Gasteiger partial charge in [0.1, 0.15) is 0 Å². The van der Waals surface area contributed by atoms with Crippen LogP contribution in [0.4, 0.5) is 0 Å². The zero-order valence-electron chi connectivity index (χ0n) is 11.2. The van der Waals surface area contributed by atoms with Crippen molar-refractivity contribution in [3.05, 3.63) is 0 Å². The largest absolute Gasteiger partial charge is 0.392 e. The predicted molar refractivity (Wildman–Crippen MR) is 74.8 cm³/mol. The molecule has 4 heteroatoms. The Kier molecular flexibility index (Phi) is 4.92. The van der Waals surface area contributed by atoms with Gasteiger partial charge in [-0.3, -0.25) is 4.79 Å². The minimum absolute atomic E-state index is 0.0376. The van der Waals surface area contributed by atoms with Crippen LogP contribution in [-0.4, -0.2) is 29.4 Å². The van der Waals surface area contributed by atoms with Crippen LogP contribution >= 0.6 is 12.2 Å². The maximum atomic E-state index is 12.2. The summed E-state index contributed by atoms with van der Waals surface area (Å²) < 4.78 is 0.